The summed E-state index contributed by atoms with van der Waals surface area (Å²) in [6.45, 7) is 5.33. The van der Waals surface area contributed by atoms with E-state index in [2.05, 4.69) is 5.32 Å². The molecule has 0 heterocycles. The highest BCUT2D eigenvalue weighted by Gasteiger charge is 2.20. The Bertz CT molecular complexity index is 483. The van der Waals surface area contributed by atoms with Gasteiger partial charge in [-0.25, -0.2) is 13.2 Å². The van der Waals surface area contributed by atoms with E-state index in [-0.39, 0.29) is 23.8 Å². The van der Waals surface area contributed by atoms with Crippen molar-refractivity contribution in [1.29, 1.82) is 0 Å². The molecule has 0 aliphatic heterocycles. The first kappa shape index (κ1) is 17.5. The predicted octanol–water partition coefficient (Wildman–Crippen LogP) is 2.94. The lowest BCUT2D eigenvalue weighted by molar-refractivity contribution is -0.123. The van der Waals surface area contributed by atoms with Gasteiger partial charge in [-0.05, 0) is 29.5 Å². The first-order valence-electron chi connectivity index (χ1n) is 6.80. The van der Waals surface area contributed by atoms with E-state index in [9.17, 15) is 23.1 Å². The van der Waals surface area contributed by atoms with Gasteiger partial charge in [0.05, 0.1) is 12.6 Å². The fraction of sp³-hybridized carbons (Fsp3) is 0.533. The third-order valence-corrected chi connectivity index (χ3v) is 3.57. The Morgan fingerprint density at radius 3 is 2.14 bits per heavy atom. The Morgan fingerprint density at radius 1 is 1.19 bits per heavy atom. The van der Waals surface area contributed by atoms with Crippen molar-refractivity contribution < 1.29 is 23.1 Å². The number of aliphatic hydroxyl groups excluding tert-OH is 1. The largest absolute Gasteiger partial charge is 0.394 e. The van der Waals surface area contributed by atoms with Crippen LogP contribution in [0.15, 0.2) is 12.1 Å². The SMILES string of the molecule is CC(C)C(C)CC(=O)NC(CO)c1cc(F)c(F)c(F)c1. The summed E-state index contributed by atoms with van der Waals surface area (Å²) in [5, 5.41) is 11.8. The average Bonchev–Trinajstić information content (AvgIpc) is 2.41. The van der Waals surface area contributed by atoms with Crippen LogP contribution in [0.5, 0.6) is 0 Å². The maximum Gasteiger partial charge on any atom is 0.220 e. The van der Waals surface area contributed by atoms with Crippen LogP contribution in [-0.4, -0.2) is 17.6 Å². The van der Waals surface area contributed by atoms with E-state index in [0.29, 0.717) is 5.92 Å². The zero-order valence-electron chi connectivity index (χ0n) is 12.3. The van der Waals surface area contributed by atoms with Crippen LogP contribution in [0, 0.1) is 29.3 Å². The molecule has 0 radical (unpaired) electrons. The first-order valence-corrected chi connectivity index (χ1v) is 6.80. The molecule has 1 rings (SSSR count). The maximum absolute atomic E-state index is 13.2. The maximum atomic E-state index is 13.2. The van der Waals surface area contributed by atoms with Gasteiger partial charge in [0.2, 0.25) is 5.91 Å². The lowest BCUT2D eigenvalue weighted by Crippen LogP contribution is -2.32. The minimum Gasteiger partial charge on any atom is -0.394 e. The van der Waals surface area contributed by atoms with Crippen LogP contribution < -0.4 is 5.32 Å². The van der Waals surface area contributed by atoms with Crippen molar-refractivity contribution in [1.82, 2.24) is 5.32 Å². The summed E-state index contributed by atoms with van der Waals surface area (Å²) in [5.41, 5.74) is -0.0144. The quantitative estimate of drug-likeness (QED) is 0.794. The standard InChI is InChI=1S/C15H20F3NO2/c1-8(2)9(3)4-14(21)19-13(7-20)10-5-11(16)15(18)12(17)6-10/h5-6,8-9,13,20H,4,7H2,1-3H3,(H,19,21). The summed E-state index contributed by atoms with van der Waals surface area (Å²) in [6, 6.07) is 0.568. The molecule has 2 unspecified atom stereocenters. The highest BCUT2D eigenvalue weighted by atomic mass is 19.2. The van der Waals surface area contributed by atoms with Gasteiger partial charge < -0.3 is 10.4 Å². The van der Waals surface area contributed by atoms with Crippen LogP contribution in [0.4, 0.5) is 13.2 Å². The minimum atomic E-state index is -1.57. The molecule has 0 aliphatic rings. The summed E-state index contributed by atoms with van der Waals surface area (Å²) in [4.78, 5) is 11.9. The predicted molar refractivity (Wildman–Crippen MR) is 72.9 cm³/mol. The molecule has 118 valence electrons. The highest BCUT2D eigenvalue weighted by Crippen LogP contribution is 2.20. The lowest BCUT2D eigenvalue weighted by atomic mass is 9.94. The summed E-state index contributed by atoms with van der Waals surface area (Å²) in [6.07, 6.45) is 0.236. The summed E-state index contributed by atoms with van der Waals surface area (Å²) < 4.78 is 39.3. The molecule has 2 N–H and O–H groups in total. The number of hydrogen-bond acceptors (Lipinski definition) is 2. The molecule has 1 aromatic rings. The van der Waals surface area contributed by atoms with Gasteiger partial charge in [0.15, 0.2) is 17.5 Å². The van der Waals surface area contributed by atoms with Gasteiger partial charge in [-0.1, -0.05) is 20.8 Å². The fourth-order valence-corrected chi connectivity index (χ4v) is 1.79. The molecule has 0 aliphatic carbocycles. The van der Waals surface area contributed by atoms with Crippen LogP contribution in [0.25, 0.3) is 0 Å². The third kappa shape index (κ3) is 4.74. The van der Waals surface area contributed by atoms with Crippen molar-refractivity contribution >= 4 is 5.91 Å². The smallest absolute Gasteiger partial charge is 0.220 e. The van der Waals surface area contributed by atoms with Gasteiger partial charge in [-0.3, -0.25) is 4.79 Å². The van der Waals surface area contributed by atoms with Crippen molar-refractivity contribution in [3.05, 3.63) is 35.1 Å². The Balaban J connectivity index is 2.82. The van der Waals surface area contributed by atoms with Gasteiger partial charge in [0, 0.05) is 6.42 Å². The van der Waals surface area contributed by atoms with Crippen molar-refractivity contribution in [2.24, 2.45) is 11.8 Å². The van der Waals surface area contributed by atoms with E-state index < -0.39 is 30.1 Å². The number of aliphatic hydroxyl groups is 1. The number of hydrogen-bond donors (Lipinski definition) is 2. The van der Waals surface area contributed by atoms with Crippen LogP contribution >= 0.6 is 0 Å². The molecule has 0 saturated carbocycles. The highest BCUT2D eigenvalue weighted by molar-refractivity contribution is 5.76. The zero-order chi connectivity index (χ0) is 16.2. The van der Waals surface area contributed by atoms with E-state index in [1.165, 1.54) is 0 Å². The van der Waals surface area contributed by atoms with Crippen LogP contribution in [0.1, 0.15) is 38.8 Å². The van der Waals surface area contributed by atoms with Crippen LogP contribution in [0.2, 0.25) is 0 Å². The number of carbonyl (C=O) groups excluding carboxylic acids is 1. The Morgan fingerprint density at radius 2 is 1.71 bits per heavy atom. The van der Waals surface area contributed by atoms with Crippen molar-refractivity contribution in [3.63, 3.8) is 0 Å². The van der Waals surface area contributed by atoms with Gasteiger partial charge >= 0.3 is 0 Å². The normalized spacial score (nSPS) is 14.1. The van der Waals surface area contributed by atoms with Gasteiger partial charge in [-0.2, -0.15) is 0 Å². The number of rotatable bonds is 6. The van der Waals surface area contributed by atoms with Crippen molar-refractivity contribution in [2.75, 3.05) is 6.61 Å². The van der Waals surface area contributed by atoms with Crippen molar-refractivity contribution in [2.45, 2.75) is 33.2 Å². The van der Waals surface area contributed by atoms with E-state index in [1.807, 2.05) is 20.8 Å². The number of amides is 1. The molecule has 0 saturated heterocycles. The summed E-state index contributed by atoms with van der Waals surface area (Å²) in [7, 11) is 0. The number of nitrogens with one attached hydrogen (secondary N) is 1. The molecular formula is C15H20F3NO2. The Labute approximate surface area is 122 Å². The molecule has 21 heavy (non-hydrogen) atoms. The van der Waals surface area contributed by atoms with Gasteiger partial charge in [-0.15, -0.1) is 0 Å². The van der Waals surface area contributed by atoms with E-state index >= 15 is 0 Å². The molecule has 2 atom stereocenters. The third-order valence-electron chi connectivity index (χ3n) is 3.57. The molecule has 6 heteroatoms. The van der Waals surface area contributed by atoms with Crippen LogP contribution in [0.3, 0.4) is 0 Å². The topological polar surface area (TPSA) is 49.3 Å². The molecule has 1 aromatic carbocycles. The van der Waals surface area contributed by atoms with Crippen LogP contribution in [-0.2, 0) is 4.79 Å². The van der Waals surface area contributed by atoms with Crippen molar-refractivity contribution in [3.8, 4) is 0 Å². The molecule has 0 aromatic heterocycles. The van der Waals surface area contributed by atoms with Gasteiger partial charge in [0.1, 0.15) is 0 Å². The number of benzene rings is 1. The lowest BCUT2D eigenvalue weighted by Gasteiger charge is -2.20. The molecule has 3 nitrogen and oxygen atoms in total. The zero-order valence-corrected chi connectivity index (χ0v) is 12.3. The first-order chi connectivity index (χ1) is 9.76. The van der Waals surface area contributed by atoms with Gasteiger partial charge in [0.25, 0.3) is 0 Å². The number of carbonyl (C=O) groups is 1. The Kier molecular flexibility index (Phi) is 6.20. The molecule has 0 fully saturated rings. The second-order valence-electron chi connectivity index (χ2n) is 5.53. The fourth-order valence-electron chi connectivity index (χ4n) is 1.79. The molecule has 0 bridgehead atoms. The molecule has 0 spiro atoms. The molecular weight excluding hydrogens is 283 g/mol. The summed E-state index contributed by atoms with van der Waals surface area (Å²) >= 11 is 0. The second-order valence-corrected chi connectivity index (χ2v) is 5.53. The monoisotopic (exact) mass is 303 g/mol. The van der Waals surface area contributed by atoms with E-state index in [1.54, 1.807) is 0 Å². The Hall–Kier alpha value is -1.56. The molecule has 1 amide bonds. The summed E-state index contributed by atoms with van der Waals surface area (Å²) in [5.74, 6) is -4.17. The average molecular weight is 303 g/mol. The van der Waals surface area contributed by atoms with E-state index in [4.69, 9.17) is 0 Å². The number of halogens is 3. The van der Waals surface area contributed by atoms with E-state index in [0.717, 1.165) is 12.1 Å². The minimum absolute atomic E-state index is 0.0144. The second kappa shape index (κ2) is 7.45.